The number of nitrogens with zero attached hydrogens (tertiary/aromatic N) is 5. The van der Waals surface area contributed by atoms with Crippen LogP contribution in [0.2, 0.25) is 0 Å². The van der Waals surface area contributed by atoms with Gasteiger partial charge in [-0.25, -0.2) is 28.7 Å². The molecular weight excluding hydrogens is 523 g/mol. The summed E-state index contributed by atoms with van der Waals surface area (Å²) in [4.78, 5) is 9.25. The van der Waals surface area contributed by atoms with Crippen LogP contribution in [0.4, 0.5) is 13.2 Å². The summed E-state index contributed by atoms with van der Waals surface area (Å²) in [7, 11) is -1.45. The third-order valence-electron chi connectivity index (χ3n) is 7.02. The summed E-state index contributed by atoms with van der Waals surface area (Å²) in [5, 5.41) is 50.6. The number of hydrogen-bond acceptors (Lipinski definition) is 8. The molecule has 0 radical (unpaired) electrons. The molecule has 9 nitrogen and oxygen atoms in total. The average molecular weight is 556 g/mol. The van der Waals surface area contributed by atoms with Gasteiger partial charge >= 0.3 is 0 Å². The summed E-state index contributed by atoms with van der Waals surface area (Å²) in [5.41, 5.74) is 1.22. The zero-order valence-corrected chi connectivity index (χ0v) is 22.5. The summed E-state index contributed by atoms with van der Waals surface area (Å²) >= 11 is 0. The molecule has 208 valence electrons. The van der Waals surface area contributed by atoms with Gasteiger partial charge in [0.1, 0.15) is 11.7 Å². The van der Waals surface area contributed by atoms with Crippen molar-refractivity contribution in [2.75, 3.05) is 12.4 Å². The third kappa shape index (κ3) is 5.17. The van der Waals surface area contributed by atoms with Gasteiger partial charge in [0.25, 0.3) is 0 Å². The molecule has 1 fully saturated rings. The fourth-order valence-corrected chi connectivity index (χ4v) is 8.76. The van der Waals surface area contributed by atoms with Crippen molar-refractivity contribution in [2.45, 2.75) is 69.0 Å². The first-order valence-corrected chi connectivity index (χ1v) is 13.7. The summed E-state index contributed by atoms with van der Waals surface area (Å²) < 4.78 is 42.0. The molecule has 0 aliphatic carbocycles. The Kier molecular flexibility index (Phi) is 7.88. The van der Waals surface area contributed by atoms with Crippen LogP contribution >= 0.6 is 10.9 Å². The molecule has 4 N–H and O–H groups in total. The van der Waals surface area contributed by atoms with Gasteiger partial charge in [-0.2, -0.15) is 0 Å². The van der Waals surface area contributed by atoms with Crippen molar-refractivity contribution in [3.8, 4) is 11.3 Å². The maximum absolute atomic E-state index is 13.7. The van der Waals surface area contributed by atoms with Gasteiger partial charge in [-0.1, -0.05) is 5.21 Å². The van der Waals surface area contributed by atoms with Crippen molar-refractivity contribution in [3.05, 3.63) is 58.6 Å². The molecule has 1 aromatic carbocycles. The first-order valence-electron chi connectivity index (χ1n) is 12.1. The van der Waals surface area contributed by atoms with Crippen molar-refractivity contribution in [1.82, 2.24) is 25.0 Å². The van der Waals surface area contributed by atoms with Gasteiger partial charge in [0, 0.05) is 16.6 Å². The Morgan fingerprint density at radius 2 is 1.66 bits per heavy atom. The Morgan fingerprint density at radius 1 is 1.05 bits per heavy atom. The Bertz CT molecular complexity index is 1310. The second-order valence-electron chi connectivity index (χ2n) is 10.3. The maximum atomic E-state index is 13.7. The van der Waals surface area contributed by atoms with Gasteiger partial charge in [-0.3, -0.25) is 9.97 Å². The molecular formula is C25H32F3N5O4S. The smallest absolute Gasteiger partial charge is 0.194 e. The zero-order chi connectivity index (χ0) is 28.1. The number of aliphatic hydroxyl groups is 4. The Morgan fingerprint density at radius 3 is 2.24 bits per heavy atom. The molecule has 3 aromatic rings. The van der Waals surface area contributed by atoms with E-state index in [9.17, 15) is 33.6 Å². The standard InChI is InChI=1S/C25H32F3N5O4S/c1-11-12(2)30-21(13(3)29-11)24(25(4,5)37)38-10-18(35)22(23(36)19(38)9-34)33-8-17(31-32-33)14-6-15(26)20(28)16(27)7-14/h6-8,18-19,22-24,34-38H,9-10H2,1-5H3/t18-,19+,22-,23-,24?/m0/s1. The molecule has 4 rings (SSSR count). The molecule has 13 heteroatoms. The molecule has 0 bridgehead atoms. The summed E-state index contributed by atoms with van der Waals surface area (Å²) in [5.74, 6) is -4.26. The van der Waals surface area contributed by atoms with Crippen LogP contribution in [0.25, 0.3) is 11.3 Å². The van der Waals surface area contributed by atoms with Crippen LogP contribution in [0.5, 0.6) is 0 Å². The molecule has 3 heterocycles. The number of rotatable bonds is 6. The lowest BCUT2D eigenvalue weighted by Crippen LogP contribution is -2.52. The lowest BCUT2D eigenvalue weighted by molar-refractivity contribution is 0.00564. The third-order valence-corrected chi connectivity index (χ3v) is 10.7. The fourth-order valence-electron chi connectivity index (χ4n) is 5.10. The van der Waals surface area contributed by atoms with E-state index in [1.807, 2.05) is 13.8 Å². The highest BCUT2D eigenvalue weighted by atomic mass is 32.2. The lowest BCUT2D eigenvalue weighted by atomic mass is 10.00. The second-order valence-corrected chi connectivity index (χ2v) is 12.8. The highest BCUT2D eigenvalue weighted by Gasteiger charge is 2.49. The molecule has 0 amide bonds. The van der Waals surface area contributed by atoms with Crippen LogP contribution in [0.15, 0.2) is 18.3 Å². The van der Waals surface area contributed by atoms with Gasteiger partial charge in [-0.15, -0.1) is 5.10 Å². The minimum absolute atomic E-state index is 0.00554. The van der Waals surface area contributed by atoms with Crippen molar-refractivity contribution in [1.29, 1.82) is 0 Å². The van der Waals surface area contributed by atoms with Gasteiger partial charge in [0.15, 0.2) is 17.5 Å². The van der Waals surface area contributed by atoms with Crippen molar-refractivity contribution >= 4 is 10.9 Å². The van der Waals surface area contributed by atoms with Gasteiger partial charge in [0.05, 0.1) is 58.6 Å². The number of hydrogen-bond donors (Lipinski definition) is 5. The molecule has 1 aliphatic heterocycles. The van der Waals surface area contributed by atoms with Gasteiger partial charge < -0.3 is 20.4 Å². The van der Waals surface area contributed by atoms with E-state index < -0.39 is 69.3 Å². The van der Waals surface area contributed by atoms with Crippen LogP contribution in [-0.2, 0) is 0 Å². The highest BCUT2D eigenvalue weighted by Crippen LogP contribution is 2.57. The Labute approximate surface area is 220 Å². The number of benzene rings is 1. The van der Waals surface area contributed by atoms with Gasteiger partial charge in [-0.05, 0) is 46.8 Å². The van der Waals surface area contributed by atoms with E-state index in [-0.39, 0.29) is 17.0 Å². The molecule has 38 heavy (non-hydrogen) atoms. The van der Waals surface area contributed by atoms with E-state index in [4.69, 9.17) is 4.98 Å². The highest BCUT2D eigenvalue weighted by molar-refractivity contribution is 8.18. The van der Waals surface area contributed by atoms with Crippen LogP contribution in [0.1, 0.15) is 47.9 Å². The van der Waals surface area contributed by atoms with E-state index in [1.165, 1.54) is 10.9 Å². The number of halogens is 3. The van der Waals surface area contributed by atoms with E-state index >= 15 is 0 Å². The van der Waals surface area contributed by atoms with E-state index in [1.54, 1.807) is 20.8 Å². The van der Waals surface area contributed by atoms with E-state index in [0.29, 0.717) is 17.1 Å². The van der Waals surface area contributed by atoms with Crippen molar-refractivity contribution < 1.29 is 33.6 Å². The fraction of sp³-hybridized carbons (Fsp3) is 0.520. The molecule has 1 aliphatic rings. The molecule has 6 atom stereocenters. The van der Waals surface area contributed by atoms with E-state index in [0.717, 1.165) is 17.8 Å². The van der Waals surface area contributed by atoms with Crippen molar-refractivity contribution in [2.24, 2.45) is 0 Å². The largest absolute Gasteiger partial charge is 0.395 e. The Hall–Kier alpha value is -2.58. The monoisotopic (exact) mass is 555 g/mol. The predicted molar refractivity (Wildman–Crippen MR) is 136 cm³/mol. The molecule has 1 saturated heterocycles. The summed E-state index contributed by atoms with van der Waals surface area (Å²) in [6.45, 7) is 8.25. The minimum Gasteiger partial charge on any atom is -0.395 e. The number of aliphatic hydroxyl groups excluding tert-OH is 3. The molecule has 2 aromatic heterocycles. The van der Waals surface area contributed by atoms with Crippen molar-refractivity contribution in [3.63, 3.8) is 0 Å². The quantitative estimate of drug-likeness (QED) is 0.231. The topological polar surface area (TPSA) is 137 Å². The first-order chi connectivity index (χ1) is 17.7. The van der Waals surface area contributed by atoms with Crippen LogP contribution in [-0.4, -0.2) is 80.8 Å². The van der Waals surface area contributed by atoms with Crippen LogP contribution < -0.4 is 0 Å². The molecule has 2 unspecified atom stereocenters. The van der Waals surface area contributed by atoms with Gasteiger partial charge in [0.2, 0.25) is 0 Å². The van der Waals surface area contributed by atoms with Crippen LogP contribution in [0.3, 0.4) is 0 Å². The number of aromatic nitrogens is 5. The average Bonchev–Trinajstić information content (AvgIpc) is 3.29. The summed E-state index contributed by atoms with van der Waals surface area (Å²) in [6.07, 6.45) is -1.19. The second kappa shape index (κ2) is 10.5. The normalized spacial score (nSPS) is 25.9. The molecule has 0 saturated carbocycles. The lowest BCUT2D eigenvalue weighted by Gasteiger charge is -2.50. The minimum atomic E-state index is -1.61. The number of thiol groups is 1. The maximum Gasteiger partial charge on any atom is 0.194 e. The number of aryl methyl sites for hydroxylation is 3. The first kappa shape index (κ1) is 28.4. The molecule has 0 spiro atoms. The van der Waals surface area contributed by atoms with E-state index in [2.05, 4.69) is 15.3 Å². The zero-order valence-electron chi connectivity index (χ0n) is 21.6. The predicted octanol–water partition coefficient (Wildman–Crippen LogP) is 2.23. The Balaban J connectivity index is 1.70. The summed E-state index contributed by atoms with van der Waals surface area (Å²) in [6, 6.07) is 0.505. The van der Waals surface area contributed by atoms with Crippen LogP contribution in [0, 0.1) is 38.2 Å². The SMILES string of the molecule is Cc1nc(C)c(C([SH]2C[C@H](O)[C@H](n3cc(-c4cc(F)c(F)c(F)c4)nn3)[C@@H](O)[C@H]2CO)C(C)(C)O)nc1C.